The molecular weight excluding hydrogens is 688 g/mol. The standard InChI is InChI=1S/C13H16O3.C12H16O.C10H16O3.C9H12O3/c1-2-11(14)15-9-4-6-3-8(9)12-7(6)5-10-13(12)16-10;1-2-6-3-7-4-8(6)11-9(7)5-10-12(11)13-10;1-2-5-11-12-7-8-3-4-9-10(6-8)13-9;1-2-8(10)11-5-6-3-4-7-9(6)12-7/h2,6-10,12-13H,1,3-5H2;2,6-12H,1,3-5H2;2,8-10H,1,3-7H2;2,6-7,9H,1,3-5H2. The van der Waals surface area contributed by atoms with E-state index >= 15 is 0 Å². The van der Waals surface area contributed by atoms with Crippen LogP contribution in [0.2, 0.25) is 0 Å². The van der Waals surface area contributed by atoms with Gasteiger partial charge in [-0.2, -0.15) is 0 Å². The molecule has 10 nitrogen and oxygen atoms in total. The van der Waals surface area contributed by atoms with Gasteiger partial charge in [0.15, 0.2) is 0 Å². The van der Waals surface area contributed by atoms with E-state index in [1.165, 1.54) is 57.1 Å². The third-order valence-electron chi connectivity index (χ3n) is 15.4. The topological polar surface area (TPSA) is 121 Å². The highest BCUT2D eigenvalue weighted by molar-refractivity contribution is 5.81. The molecule has 4 heterocycles. The maximum absolute atomic E-state index is 11.3. The second kappa shape index (κ2) is 15.5. The van der Waals surface area contributed by atoms with Gasteiger partial charge in [-0.3, -0.25) is 0 Å². The molecule has 0 radical (unpaired) electrons. The average molecular weight is 749 g/mol. The van der Waals surface area contributed by atoms with Crippen molar-refractivity contribution in [3.05, 3.63) is 50.6 Å². The summed E-state index contributed by atoms with van der Waals surface area (Å²) in [7, 11) is 0. The van der Waals surface area contributed by atoms with E-state index in [2.05, 4.69) is 32.4 Å². The number of esters is 2. The summed E-state index contributed by atoms with van der Waals surface area (Å²) in [5.74, 6) is 8.15. The lowest BCUT2D eigenvalue weighted by molar-refractivity contribution is -0.294. The number of hydrogen-bond acceptors (Lipinski definition) is 10. The Bertz CT molecular complexity index is 1450. The van der Waals surface area contributed by atoms with Crippen LogP contribution in [0.1, 0.15) is 70.6 Å². The molecular formula is C44H60O10. The van der Waals surface area contributed by atoms with Crippen molar-refractivity contribution >= 4 is 11.9 Å². The monoisotopic (exact) mass is 748 g/mol. The number of hydrogen-bond donors (Lipinski definition) is 0. The molecule has 296 valence electrons. The van der Waals surface area contributed by atoms with Crippen LogP contribution in [-0.2, 0) is 47.8 Å². The van der Waals surface area contributed by atoms with Crippen LogP contribution in [0, 0.1) is 65.1 Å². The van der Waals surface area contributed by atoms with Gasteiger partial charge in [-0.1, -0.05) is 25.3 Å². The molecule has 8 aliphatic carbocycles. The minimum Gasteiger partial charge on any atom is -0.462 e. The predicted molar refractivity (Wildman–Crippen MR) is 197 cm³/mol. The number of fused-ring (bicyclic) bond motifs is 16. The van der Waals surface area contributed by atoms with Gasteiger partial charge >= 0.3 is 11.9 Å². The maximum atomic E-state index is 11.3. The first-order valence-corrected chi connectivity index (χ1v) is 21.1. The molecule has 0 aromatic rings. The van der Waals surface area contributed by atoms with Gasteiger partial charge in [-0.05, 0) is 124 Å². The Hall–Kier alpha value is -2.34. The first-order valence-electron chi connectivity index (χ1n) is 21.1. The zero-order valence-electron chi connectivity index (χ0n) is 31.7. The summed E-state index contributed by atoms with van der Waals surface area (Å²) in [6.45, 7) is 16.0. The third kappa shape index (κ3) is 7.57. The van der Waals surface area contributed by atoms with E-state index in [1.807, 2.05) is 0 Å². The number of ether oxygens (including phenoxy) is 6. The van der Waals surface area contributed by atoms with Crippen molar-refractivity contribution in [3.8, 4) is 0 Å². The fraction of sp³-hybridized carbons (Fsp3) is 0.773. The van der Waals surface area contributed by atoms with Gasteiger partial charge in [0, 0.05) is 24.0 Å². The zero-order chi connectivity index (χ0) is 37.1. The Morgan fingerprint density at radius 2 is 1.28 bits per heavy atom. The highest BCUT2D eigenvalue weighted by Gasteiger charge is 2.68. The first kappa shape index (κ1) is 37.2. The molecule has 8 saturated carbocycles. The highest BCUT2D eigenvalue weighted by atomic mass is 17.2. The van der Waals surface area contributed by atoms with Crippen LogP contribution < -0.4 is 0 Å². The van der Waals surface area contributed by atoms with Crippen molar-refractivity contribution < 1.29 is 47.8 Å². The minimum absolute atomic E-state index is 0.139. The van der Waals surface area contributed by atoms with Crippen molar-refractivity contribution in [1.82, 2.24) is 0 Å². The van der Waals surface area contributed by atoms with Crippen LogP contribution in [0.25, 0.3) is 0 Å². The fourth-order valence-electron chi connectivity index (χ4n) is 12.9. The molecule has 0 aromatic heterocycles. The molecule has 0 aromatic carbocycles. The quantitative estimate of drug-likeness (QED) is 0.0450. The number of allylic oxidation sites excluding steroid dienone is 1. The molecule has 12 rings (SSSR count). The highest BCUT2D eigenvalue weighted by Crippen LogP contribution is 2.66. The summed E-state index contributed by atoms with van der Waals surface area (Å²) in [5, 5.41) is 0. The van der Waals surface area contributed by atoms with E-state index < -0.39 is 0 Å². The molecule has 20 unspecified atom stereocenters. The number of carbonyl (C=O) groups excluding carboxylic acids is 2. The summed E-state index contributed by atoms with van der Waals surface area (Å²) >= 11 is 0. The number of rotatable bonds is 11. The van der Waals surface area contributed by atoms with Crippen molar-refractivity contribution in [2.45, 2.75) is 126 Å². The van der Waals surface area contributed by atoms with Gasteiger partial charge in [0.1, 0.15) is 12.7 Å². The summed E-state index contributed by atoms with van der Waals surface area (Å²) in [5.41, 5.74) is 0. The summed E-state index contributed by atoms with van der Waals surface area (Å²) in [4.78, 5) is 31.9. The molecule has 0 spiro atoms. The molecule has 20 atom stereocenters. The Morgan fingerprint density at radius 3 is 1.93 bits per heavy atom. The molecule has 54 heavy (non-hydrogen) atoms. The van der Waals surface area contributed by atoms with Gasteiger partial charge in [-0.25, -0.2) is 19.4 Å². The summed E-state index contributed by atoms with van der Waals surface area (Å²) in [6.07, 6.45) is 24.6. The molecule has 0 N–H and O–H groups in total. The van der Waals surface area contributed by atoms with Crippen LogP contribution in [0.4, 0.5) is 0 Å². The lowest BCUT2D eigenvalue weighted by atomic mass is 9.75. The predicted octanol–water partition coefficient (Wildman–Crippen LogP) is 6.34. The van der Waals surface area contributed by atoms with E-state index in [1.54, 1.807) is 6.08 Å². The normalized spacial score (nSPS) is 49.6. The smallest absolute Gasteiger partial charge is 0.330 e. The SMILES string of the molecule is C=CC(=O)OC1CC2CC1C1C2CC2OC21.C=CC(=O)OCC1CCC2OC12.C=CC1CC2CC1C1C2CC2OC21.C=CCOOCC1CCC2OC2C1. The lowest BCUT2D eigenvalue weighted by Gasteiger charge is -2.31. The Balaban J connectivity index is 0.0000000956. The van der Waals surface area contributed by atoms with Gasteiger partial charge < -0.3 is 28.4 Å². The molecule has 12 aliphatic rings. The van der Waals surface area contributed by atoms with Gasteiger partial charge in [0.2, 0.25) is 0 Å². The second-order valence-electron chi connectivity index (χ2n) is 18.2. The van der Waals surface area contributed by atoms with E-state index in [0.717, 1.165) is 67.1 Å². The zero-order valence-corrected chi connectivity index (χ0v) is 31.7. The van der Waals surface area contributed by atoms with Gasteiger partial charge in [0.05, 0.1) is 62.0 Å². The number of epoxide rings is 4. The summed E-state index contributed by atoms with van der Waals surface area (Å²) < 4.78 is 32.4. The van der Waals surface area contributed by atoms with Crippen LogP contribution in [0.5, 0.6) is 0 Å². The Labute approximate surface area is 320 Å². The fourth-order valence-corrected chi connectivity index (χ4v) is 12.9. The number of carbonyl (C=O) groups is 2. The van der Waals surface area contributed by atoms with Crippen molar-refractivity contribution in [2.75, 3.05) is 19.8 Å². The molecule has 4 saturated heterocycles. The van der Waals surface area contributed by atoms with Gasteiger partial charge in [0.25, 0.3) is 0 Å². The van der Waals surface area contributed by atoms with Gasteiger partial charge in [-0.15, -0.1) is 13.2 Å². The average Bonchev–Trinajstić information content (AvgIpc) is 4.16. The van der Waals surface area contributed by atoms with Crippen molar-refractivity contribution in [3.63, 3.8) is 0 Å². The minimum atomic E-state index is -0.334. The van der Waals surface area contributed by atoms with Crippen LogP contribution in [0.3, 0.4) is 0 Å². The molecule has 4 bridgehead atoms. The van der Waals surface area contributed by atoms with E-state index in [0.29, 0.717) is 92.3 Å². The van der Waals surface area contributed by atoms with E-state index in [9.17, 15) is 9.59 Å². The molecule has 10 heteroatoms. The van der Waals surface area contributed by atoms with Crippen LogP contribution in [0.15, 0.2) is 50.6 Å². The Morgan fingerprint density at radius 1 is 0.593 bits per heavy atom. The van der Waals surface area contributed by atoms with Crippen LogP contribution >= 0.6 is 0 Å². The second-order valence-corrected chi connectivity index (χ2v) is 18.2. The maximum Gasteiger partial charge on any atom is 0.330 e. The first-order chi connectivity index (χ1) is 26.4. The lowest BCUT2D eigenvalue weighted by Crippen LogP contribution is -2.34. The van der Waals surface area contributed by atoms with E-state index in [-0.39, 0.29) is 18.0 Å². The third-order valence-corrected chi connectivity index (χ3v) is 15.4. The van der Waals surface area contributed by atoms with Crippen LogP contribution in [-0.4, -0.2) is 86.7 Å². The largest absolute Gasteiger partial charge is 0.462 e. The Kier molecular flexibility index (Phi) is 10.7. The molecule has 4 aliphatic heterocycles. The van der Waals surface area contributed by atoms with Crippen molar-refractivity contribution in [2.24, 2.45) is 65.1 Å². The van der Waals surface area contributed by atoms with E-state index in [4.69, 9.17) is 38.2 Å². The summed E-state index contributed by atoms with van der Waals surface area (Å²) in [6, 6.07) is 0. The van der Waals surface area contributed by atoms with Crippen molar-refractivity contribution in [1.29, 1.82) is 0 Å². The molecule has 0 amide bonds. The molecule has 12 fully saturated rings.